The van der Waals surface area contributed by atoms with E-state index in [2.05, 4.69) is 11.5 Å². The Morgan fingerprint density at radius 1 is 1.27 bits per heavy atom. The van der Waals surface area contributed by atoms with Gasteiger partial charge in [0.2, 0.25) is 0 Å². The molecule has 0 bridgehead atoms. The number of hydrogen-bond donors (Lipinski definition) is 1. The molecule has 5 nitrogen and oxygen atoms in total. The van der Waals surface area contributed by atoms with Crippen LogP contribution in [-0.2, 0) is 13.0 Å². The number of benzene rings is 1. The Morgan fingerprint density at radius 3 is 2.55 bits per heavy atom. The lowest BCUT2D eigenvalue weighted by Crippen LogP contribution is -2.13. The van der Waals surface area contributed by atoms with Crippen LogP contribution < -0.4 is 15.2 Å². The van der Waals surface area contributed by atoms with Gasteiger partial charge in [0.25, 0.3) is 0 Å². The average molecular weight is 321 g/mol. The second kappa shape index (κ2) is 7.45. The first-order valence-electron chi connectivity index (χ1n) is 7.50. The third-order valence-electron chi connectivity index (χ3n) is 3.67. The van der Waals surface area contributed by atoms with Gasteiger partial charge in [0.05, 0.1) is 30.2 Å². The number of nitrogens with zero attached hydrogens (tertiary/aromatic N) is 2. The summed E-state index contributed by atoms with van der Waals surface area (Å²) in [7, 11) is 3.27. The van der Waals surface area contributed by atoms with Crippen LogP contribution in [0.15, 0.2) is 12.1 Å². The first-order valence-corrected chi connectivity index (χ1v) is 7.91. The Bertz CT molecular complexity index is 667. The van der Waals surface area contributed by atoms with Crippen molar-refractivity contribution in [1.82, 2.24) is 9.55 Å². The summed E-state index contributed by atoms with van der Waals surface area (Å²) in [5.74, 6) is 2.45. The van der Waals surface area contributed by atoms with Crippen LogP contribution in [-0.4, -0.2) is 28.8 Å². The van der Waals surface area contributed by atoms with Gasteiger partial charge in [-0.3, -0.25) is 0 Å². The summed E-state index contributed by atoms with van der Waals surface area (Å²) in [4.78, 5) is 5.27. The number of rotatable bonds is 8. The summed E-state index contributed by atoms with van der Waals surface area (Å²) in [5, 5.41) is 0. The van der Waals surface area contributed by atoms with Crippen LogP contribution in [0.2, 0.25) is 0 Å². The highest BCUT2D eigenvalue weighted by Crippen LogP contribution is 2.32. The minimum absolute atomic E-state index is 0.517. The number of imidazole rings is 1. The highest BCUT2D eigenvalue weighted by Gasteiger charge is 2.15. The molecule has 0 amide bonds. The summed E-state index contributed by atoms with van der Waals surface area (Å²) in [6, 6.07) is 3.89. The van der Waals surface area contributed by atoms with E-state index in [1.165, 1.54) is 0 Å². The third-order valence-corrected chi connectivity index (χ3v) is 3.87. The number of aromatic nitrogens is 2. The molecule has 1 aromatic heterocycles. The summed E-state index contributed by atoms with van der Waals surface area (Å²) in [6.45, 7) is 2.91. The van der Waals surface area contributed by atoms with Gasteiger partial charge in [0.1, 0.15) is 5.82 Å². The largest absolute Gasteiger partial charge is 0.493 e. The molecule has 0 radical (unpaired) electrons. The first kappa shape index (κ1) is 16.5. The van der Waals surface area contributed by atoms with E-state index in [-0.39, 0.29) is 0 Å². The molecule has 1 aromatic carbocycles. The van der Waals surface area contributed by atoms with Crippen LogP contribution in [0, 0.1) is 0 Å². The maximum absolute atomic E-state index is 5.66. The molecule has 0 atom stereocenters. The molecule has 0 unspecified atom stereocenters. The van der Waals surface area contributed by atoms with E-state index in [1.54, 1.807) is 14.2 Å². The van der Waals surface area contributed by atoms with E-state index in [9.17, 15) is 0 Å². The van der Waals surface area contributed by atoms with E-state index < -0.39 is 0 Å². The van der Waals surface area contributed by atoms with Gasteiger partial charge in [0, 0.05) is 31.5 Å². The van der Waals surface area contributed by atoms with Crippen molar-refractivity contribution in [3.05, 3.63) is 18.0 Å². The Labute approximate surface area is 136 Å². The van der Waals surface area contributed by atoms with Crippen LogP contribution >= 0.6 is 12.2 Å². The lowest BCUT2D eigenvalue weighted by molar-refractivity contribution is 0.355. The van der Waals surface area contributed by atoms with Gasteiger partial charge in [-0.15, -0.1) is 0 Å². The molecule has 0 aliphatic heterocycles. The smallest absolute Gasteiger partial charge is 0.163 e. The van der Waals surface area contributed by atoms with Gasteiger partial charge in [0.15, 0.2) is 11.5 Å². The van der Waals surface area contributed by atoms with Crippen LogP contribution in [0.1, 0.15) is 32.0 Å². The second-order valence-electron chi connectivity index (χ2n) is 5.20. The van der Waals surface area contributed by atoms with Crippen molar-refractivity contribution < 1.29 is 9.47 Å². The van der Waals surface area contributed by atoms with E-state index in [1.807, 2.05) is 12.1 Å². The Kier molecular flexibility index (Phi) is 5.60. The van der Waals surface area contributed by atoms with Crippen LogP contribution in [0.5, 0.6) is 11.5 Å². The van der Waals surface area contributed by atoms with Crippen molar-refractivity contribution in [3.8, 4) is 11.5 Å². The summed E-state index contributed by atoms with van der Waals surface area (Å²) < 4.78 is 12.9. The third kappa shape index (κ3) is 3.50. The standard InChI is InChI=1S/C16H23N3O2S/c1-4-5-6-16-18-11-9-13(20-2)14(21-3)10-12(11)19(16)8-7-15(17)22/h9-10H,4-8H2,1-3H3,(H2,17,22). The molecule has 120 valence electrons. The van der Waals surface area contributed by atoms with Crippen molar-refractivity contribution in [1.29, 1.82) is 0 Å². The predicted molar refractivity (Wildman–Crippen MR) is 92.9 cm³/mol. The Morgan fingerprint density at radius 2 is 1.95 bits per heavy atom. The first-order chi connectivity index (χ1) is 10.6. The van der Waals surface area contributed by atoms with E-state index in [0.29, 0.717) is 22.9 Å². The van der Waals surface area contributed by atoms with Crippen molar-refractivity contribution in [3.63, 3.8) is 0 Å². The number of aryl methyl sites for hydroxylation is 2. The fourth-order valence-electron chi connectivity index (χ4n) is 2.50. The lowest BCUT2D eigenvalue weighted by Gasteiger charge is -2.10. The number of nitrogens with two attached hydrogens (primary N) is 1. The minimum Gasteiger partial charge on any atom is -0.493 e. The molecule has 2 rings (SSSR count). The molecule has 2 aromatic rings. The lowest BCUT2D eigenvalue weighted by atomic mass is 10.2. The zero-order valence-corrected chi connectivity index (χ0v) is 14.2. The number of unbranched alkanes of at least 4 members (excludes halogenated alkanes) is 1. The molecule has 0 spiro atoms. The fourth-order valence-corrected chi connectivity index (χ4v) is 2.59. The molecular formula is C16H23N3O2S. The van der Waals surface area contributed by atoms with Crippen molar-refractivity contribution in [2.45, 2.75) is 39.2 Å². The SMILES string of the molecule is CCCCc1nc2cc(OC)c(OC)cc2n1CCC(N)=S. The topological polar surface area (TPSA) is 62.3 Å². The van der Waals surface area contributed by atoms with Crippen LogP contribution in [0.25, 0.3) is 11.0 Å². The molecule has 0 saturated heterocycles. The average Bonchev–Trinajstić information content (AvgIpc) is 2.85. The van der Waals surface area contributed by atoms with E-state index >= 15 is 0 Å². The molecule has 6 heteroatoms. The molecule has 1 heterocycles. The zero-order chi connectivity index (χ0) is 16.1. The van der Waals surface area contributed by atoms with Gasteiger partial charge in [-0.05, 0) is 6.42 Å². The fraction of sp³-hybridized carbons (Fsp3) is 0.500. The molecule has 22 heavy (non-hydrogen) atoms. The summed E-state index contributed by atoms with van der Waals surface area (Å²) in [6.07, 6.45) is 3.83. The molecular weight excluding hydrogens is 298 g/mol. The summed E-state index contributed by atoms with van der Waals surface area (Å²) >= 11 is 5.01. The predicted octanol–water partition coefficient (Wildman–Crippen LogP) is 3.07. The maximum Gasteiger partial charge on any atom is 0.163 e. The molecule has 0 aliphatic carbocycles. The van der Waals surface area contributed by atoms with Gasteiger partial charge in [-0.1, -0.05) is 25.6 Å². The van der Waals surface area contributed by atoms with Gasteiger partial charge in [-0.25, -0.2) is 4.98 Å². The number of ether oxygens (including phenoxy) is 2. The Balaban J connectivity index is 2.51. The van der Waals surface area contributed by atoms with Gasteiger partial charge in [-0.2, -0.15) is 0 Å². The Hall–Kier alpha value is -1.82. The second-order valence-corrected chi connectivity index (χ2v) is 5.72. The van der Waals surface area contributed by atoms with E-state index in [4.69, 9.17) is 32.4 Å². The van der Waals surface area contributed by atoms with Gasteiger partial charge >= 0.3 is 0 Å². The van der Waals surface area contributed by atoms with Crippen molar-refractivity contribution in [2.75, 3.05) is 14.2 Å². The van der Waals surface area contributed by atoms with Crippen LogP contribution in [0.3, 0.4) is 0 Å². The summed E-state index contributed by atoms with van der Waals surface area (Å²) in [5.41, 5.74) is 7.59. The van der Waals surface area contributed by atoms with Crippen molar-refractivity contribution >= 4 is 28.2 Å². The normalized spacial score (nSPS) is 10.9. The molecule has 0 fully saturated rings. The number of methoxy groups -OCH3 is 2. The van der Waals surface area contributed by atoms with Crippen LogP contribution in [0.4, 0.5) is 0 Å². The molecule has 0 aliphatic rings. The maximum atomic E-state index is 5.66. The monoisotopic (exact) mass is 321 g/mol. The highest BCUT2D eigenvalue weighted by atomic mass is 32.1. The van der Waals surface area contributed by atoms with E-state index in [0.717, 1.165) is 42.7 Å². The quantitative estimate of drug-likeness (QED) is 0.757. The zero-order valence-electron chi connectivity index (χ0n) is 13.4. The number of fused-ring (bicyclic) bond motifs is 1. The minimum atomic E-state index is 0.517. The molecule has 0 saturated carbocycles. The number of hydrogen-bond acceptors (Lipinski definition) is 4. The van der Waals surface area contributed by atoms with Crippen molar-refractivity contribution in [2.24, 2.45) is 5.73 Å². The number of thiocarbonyl (C=S) groups is 1. The molecule has 2 N–H and O–H groups in total. The highest BCUT2D eigenvalue weighted by molar-refractivity contribution is 7.80. The van der Waals surface area contributed by atoms with Gasteiger partial charge < -0.3 is 19.8 Å².